The van der Waals surface area contributed by atoms with Crippen LogP contribution in [0.5, 0.6) is 5.75 Å². The quantitative estimate of drug-likeness (QED) is 0.705. The third kappa shape index (κ3) is 2.84. The Labute approximate surface area is 132 Å². The molecule has 0 amide bonds. The summed E-state index contributed by atoms with van der Waals surface area (Å²) in [5.41, 5.74) is 8.42. The Balaban J connectivity index is 2.00. The van der Waals surface area contributed by atoms with E-state index in [1.807, 2.05) is 24.3 Å². The van der Waals surface area contributed by atoms with Gasteiger partial charge in [0.25, 0.3) is 0 Å². The molecule has 21 heavy (non-hydrogen) atoms. The molecule has 3 N–H and O–H groups in total. The number of nitrogens with one attached hydrogen (secondary N) is 1. The van der Waals surface area contributed by atoms with E-state index in [1.165, 1.54) is 10.1 Å². The number of anilines is 2. The first-order chi connectivity index (χ1) is 10.2. The van der Waals surface area contributed by atoms with Crippen LogP contribution in [0.3, 0.4) is 0 Å². The summed E-state index contributed by atoms with van der Waals surface area (Å²) in [6.07, 6.45) is 0. The summed E-state index contributed by atoms with van der Waals surface area (Å²) in [6, 6.07) is 14.0. The van der Waals surface area contributed by atoms with Crippen LogP contribution in [0.4, 0.5) is 11.4 Å². The van der Waals surface area contributed by atoms with Crippen molar-refractivity contribution in [2.75, 3.05) is 12.4 Å². The summed E-state index contributed by atoms with van der Waals surface area (Å²) in [5.74, 6) is 0.758. The highest BCUT2D eigenvalue weighted by atomic mass is 32.1. The van der Waals surface area contributed by atoms with Gasteiger partial charge in [0.15, 0.2) is 0 Å². The fraction of sp³-hybridized carbons (Fsp3) is 0.0625. The average Bonchev–Trinajstić information content (AvgIpc) is 2.94. The van der Waals surface area contributed by atoms with Gasteiger partial charge < -0.3 is 15.8 Å². The molecule has 0 fully saturated rings. The Morgan fingerprint density at radius 1 is 1.19 bits per heavy atom. The molecule has 0 radical (unpaired) electrons. The van der Waals surface area contributed by atoms with Gasteiger partial charge >= 0.3 is 0 Å². The number of thiophene rings is 1. The number of hydrogen-bond donors (Lipinski definition) is 2. The van der Waals surface area contributed by atoms with Gasteiger partial charge in [-0.1, -0.05) is 12.2 Å². The lowest BCUT2D eigenvalue weighted by molar-refractivity contribution is 0.415. The third-order valence-corrected chi connectivity index (χ3v) is 4.34. The molecule has 0 unspecified atom stereocenters. The molecule has 0 aliphatic rings. The van der Waals surface area contributed by atoms with Crippen molar-refractivity contribution in [2.24, 2.45) is 5.73 Å². The molecular weight excluding hydrogens is 300 g/mol. The van der Waals surface area contributed by atoms with Gasteiger partial charge in [-0.3, -0.25) is 0 Å². The zero-order chi connectivity index (χ0) is 14.8. The summed E-state index contributed by atoms with van der Waals surface area (Å²) in [7, 11) is 1.64. The Morgan fingerprint density at radius 3 is 2.81 bits per heavy atom. The normalized spacial score (nSPS) is 10.5. The van der Waals surface area contributed by atoms with Crippen molar-refractivity contribution in [1.82, 2.24) is 0 Å². The minimum absolute atomic E-state index is 0.358. The Morgan fingerprint density at radius 2 is 2.05 bits per heavy atom. The van der Waals surface area contributed by atoms with Crippen molar-refractivity contribution in [3.05, 3.63) is 53.4 Å². The predicted octanol–water partition coefficient (Wildman–Crippen LogP) is 4.29. The number of benzene rings is 2. The van der Waals surface area contributed by atoms with E-state index in [-0.39, 0.29) is 0 Å². The van der Waals surface area contributed by atoms with E-state index in [2.05, 4.69) is 28.9 Å². The number of hydrogen-bond acceptors (Lipinski definition) is 4. The van der Waals surface area contributed by atoms with Gasteiger partial charge in [0.2, 0.25) is 0 Å². The minimum atomic E-state index is 0.358. The number of methoxy groups -OCH3 is 1. The highest BCUT2D eigenvalue weighted by Crippen LogP contribution is 2.29. The molecule has 3 rings (SSSR count). The number of nitrogens with two attached hydrogens (primary N) is 1. The highest BCUT2D eigenvalue weighted by molar-refractivity contribution is 7.80. The molecule has 0 aliphatic heterocycles. The third-order valence-electron chi connectivity index (χ3n) is 3.22. The second-order valence-electron chi connectivity index (χ2n) is 4.57. The number of ether oxygens (including phenoxy) is 1. The summed E-state index contributed by atoms with van der Waals surface area (Å²) < 4.78 is 6.53. The van der Waals surface area contributed by atoms with Gasteiger partial charge in [-0.2, -0.15) is 0 Å². The predicted molar refractivity (Wildman–Crippen MR) is 94.0 cm³/mol. The molecule has 0 bridgehead atoms. The molecule has 0 spiro atoms. The first-order valence-electron chi connectivity index (χ1n) is 6.39. The van der Waals surface area contributed by atoms with E-state index in [1.54, 1.807) is 18.4 Å². The van der Waals surface area contributed by atoms with E-state index in [4.69, 9.17) is 22.7 Å². The zero-order valence-corrected chi connectivity index (χ0v) is 13.1. The SMILES string of the molecule is COc1ccc(C(N)=S)c(Nc2ccc3sccc3c2)c1. The summed E-state index contributed by atoms with van der Waals surface area (Å²) in [6.45, 7) is 0. The summed E-state index contributed by atoms with van der Waals surface area (Å²) >= 11 is 6.84. The smallest absolute Gasteiger partial charge is 0.120 e. The van der Waals surface area contributed by atoms with Crippen LogP contribution in [-0.4, -0.2) is 12.1 Å². The Hall–Kier alpha value is -2.11. The molecular formula is C16H14N2OS2. The Kier molecular flexibility index (Phi) is 3.77. The van der Waals surface area contributed by atoms with E-state index in [9.17, 15) is 0 Å². The second-order valence-corrected chi connectivity index (χ2v) is 5.96. The minimum Gasteiger partial charge on any atom is -0.497 e. The van der Waals surface area contributed by atoms with Crippen molar-refractivity contribution in [2.45, 2.75) is 0 Å². The largest absolute Gasteiger partial charge is 0.497 e. The van der Waals surface area contributed by atoms with Crippen LogP contribution in [0.15, 0.2) is 47.8 Å². The molecule has 0 saturated carbocycles. The molecule has 2 aromatic carbocycles. The highest BCUT2D eigenvalue weighted by Gasteiger charge is 2.08. The monoisotopic (exact) mass is 314 g/mol. The van der Waals surface area contributed by atoms with Gasteiger partial charge in [-0.05, 0) is 47.2 Å². The lowest BCUT2D eigenvalue weighted by atomic mass is 10.1. The maximum Gasteiger partial charge on any atom is 0.120 e. The van der Waals surface area contributed by atoms with Crippen LogP contribution in [-0.2, 0) is 0 Å². The molecule has 1 heterocycles. The average molecular weight is 314 g/mol. The first-order valence-corrected chi connectivity index (χ1v) is 7.68. The zero-order valence-electron chi connectivity index (χ0n) is 11.4. The van der Waals surface area contributed by atoms with E-state index < -0.39 is 0 Å². The van der Waals surface area contributed by atoms with Crippen LogP contribution >= 0.6 is 23.6 Å². The van der Waals surface area contributed by atoms with E-state index >= 15 is 0 Å². The van der Waals surface area contributed by atoms with Gasteiger partial charge in [-0.25, -0.2) is 0 Å². The molecule has 0 atom stereocenters. The molecule has 1 aromatic heterocycles. The lowest BCUT2D eigenvalue weighted by Gasteiger charge is -2.13. The standard InChI is InChI=1S/C16H14N2OS2/c1-19-12-3-4-13(16(17)20)14(9-12)18-11-2-5-15-10(8-11)6-7-21-15/h2-9,18H,1H3,(H2,17,20). The van der Waals surface area contributed by atoms with Crippen LogP contribution in [0.1, 0.15) is 5.56 Å². The molecule has 0 saturated heterocycles. The molecule has 5 heteroatoms. The molecule has 106 valence electrons. The van der Waals surface area contributed by atoms with Gasteiger partial charge in [0, 0.05) is 22.0 Å². The first kappa shape index (κ1) is 13.9. The van der Waals surface area contributed by atoms with Gasteiger partial charge in [0.1, 0.15) is 10.7 Å². The molecule has 0 aliphatic carbocycles. The van der Waals surface area contributed by atoms with Crippen LogP contribution in [0.2, 0.25) is 0 Å². The van der Waals surface area contributed by atoms with Gasteiger partial charge in [-0.15, -0.1) is 11.3 Å². The maximum absolute atomic E-state index is 5.79. The van der Waals surface area contributed by atoms with Crippen molar-refractivity contribution in [3.8, 4) is 5.75 Å². The van der Waals surface area contributed by atoms with E-state index in [0.717, 1.165) is 22.7 Å². The van der Waals surface area contributed by atoms with Crippen LogP contribution in [0.25, 0.3) is 10.1 Å². The second kappa shape index (κ2) is 5.71. The maximum atomic E-state index is 5.79. The van der Waals surface area contributed by atoms with Crippen molar-refractivity contribution < 1.29 is 4.74 Å². The van der Waals surface area contributed by atoms with Gasteiger partial charge in [0.05, 0.1) is 12.8 Å². The van der Waals surface area contributed by atoms with Crippen molar-refractivity contribution >= 4 is 50.0 Å². The number of rotatable bonds is 4. The fourth-order valence-electron chi connectivity index (χ4n) is 2.17. The Bertz CT molecular complexity index is 811. The summed E-state index contributed by atoms with van der Waals surface area (Å²) in [5, 5.41) is 6.66. The topological polar surface area (TPSA) is 47.3 Å². The van der Waals surface area contributed by atoms with Crippen molar-refractivity contribution in [3.63, 3.8) is 0 Å². The number of fused-ring (bicyclic) bond motifs is 1. The lowest BCUT2D eigenvalue weighted by Crippen LogP contribution is -2.12. The summed E-state index contributed by atoms with van der Waals surface area (Å²) in [4.78, 5) is 0.358. The van der Waals surface area contributed by atoms with Crippen molar-refractivity contribution in [1.29, 1.82) is 0 Å². The number of thiocarbonyl (C=S) groups is 1. The van der Waals surface area contributed by atoms with E-state index in [0.29, 0.717) is 4.99 Å². The van der Waals surface area contributed by atoms with Crippen LogP contribution < -0.4 is 15.8 Å². The van der Waals surface area contributed by atoms with Crippen LogP contribution in [0, 0.1) is 0 Å². The fourth-order valence-corrected chi connectivity index (χ4v) is 3.12. The molecule has 3 nitrogen and oxygen atoms in total. The molecule has 3 aromatic rings.